The van der Waals surface area contributed by atoms with Crippen LogP contribution in [0.5, 0.6) is 0 Å². The highest BCUT2D eigenvalue weighted by molar-refractivity contribution is 6.21. The predicted octanol–water partition coefficient (Wildman–Crippen LogP) is 3.81. The zero-order valence-corrected chi connectivity index (χ0v) is 17.6. The van der Waals surface area contributed by atoms with Crippen LogP contribution >= 0.6 is 0 Å². The topological polar surface area (TPSA) is 92.8 Å². The molecule has 0 aliphatic carbocycles. The number of amides is 3. The minimum Gasteiger partial charge on any atom is -0.449 e. The smallest absolute Gasteiger partial charge is 0.338 e. The van der Waals surface area contributed by atoms with Crippen molar-refractivity contribution in [1.29, 1.82) is 0 Å². The summed E-state index contributed by atoms with van der Waals surface area (Å²) >= 11 is 0. The second kappa shape index (κ2) is 9.04. The van der Waals surface area contributed by atoms with Crippen LogP contribution in [0.25, 0.3) is 0 Å². The maximum absolute atomic E-state index is 13.0. The van der Waals surface area contributed by atoms with Crippen molar-refractivity contribution in [3.63, 3.8) is 0 Å². The number of nitrogens with one attached hydrogen (secondary N) is 1. The lowest BCUT2D eigenvalue weighted by atomic mass is 10.1. The third-order valence-electron chi connectivity index (χ3n) is 5.15. The zero-order chi connectivity index (χ0) is 23.5. The third-order valence-corrected chi connectivity index (χ3v) is 5.15. The first-order valence-electron chi connectivity index (χ1n) is 10.1. The number of carbonyl (C=O) groups is 4. The molecular weight excluding hydrogens is 427 g/mol. The highest BCUT2D eigenvalue weighted by Crippen LogP contribution is 2.26. The number of esters is 1. The molecule has 166 valence electrons. The lowest BCUT2D eigenvalue weighted by molar-refractivity contribution is -0.123. The Bertz CT molecular complexity index is 1240. The van der Waals surface area contributed by atoms with Gasteiger partial charge in [0.1, 0.15) is 5.82 Å². The fourth-order valence-corrected chi connectivity index (χ4v) is 3.39. The van der Waals surface area contributed by atoms with Crippen molar-refractivity contribution < 1.29 is 28.3 Å². The van der Waals surface area contributed by atoms with Crippen LogP contribution in [0.4, 0.5) is 10.1 Å². The molecule has 8 heteroatoms. The summed E-state index contributed by atoms with van der Waals surface area (Å²) in [6, 6.07) is 18.3. The summed E-state index contributed by atoms with van der Waals surface area (Å²) in [5.74, 6) is -2.81. The van der Waals surface area contributed by atoms with Crippen molar-refractivity contribution in [2.75, 3.05) is 5.32 Å². The maximum Gasteiger partial charge on any atom is 0.338 e. The molecule has 0 saturated carbocycles. The van der Waals surface area contributed by atoms with Crippen LogP contribution in [0, 0.1) is 5.82 Å². The van der Waals surface area contributed by atoms with Crippen molar-refractivity contribution in [3.8, 4) is 0 Å². The van der Waals surface area contributed by atoms with E-state index in [1.807, 2.05) is 30.3 Å². The van der Waals surface area contributed by atoms with Gasteiger partial charge in [-0.3, -0.25) is 19.3 Å². The van der Waals surface area contributed by atoms with Crippen LogP contribution in [0.2, 0.25) is 0 Å². The fourth-order valence-electron chi connectivity index (χ4n) is 3.39. The van der Waals surface area contributed by atoms with Crippen LogP contribution < -0.4 is 5.32 Å². The molecule has 0 aromatic heterocycles. The lowest BCUT2D eigenvalue weighted by Crippen LogP contribution is -2.30. The molecule has 4 rings (SSSR count). The second-order valence-corrected chi connectivity index (χ2v) is 7.49. The van der Waals surface area contributed by atoms with E-state index in [-0.39, 0.29) is 23.2 Å². The highest BCUT2D eigenvalue weighted by Gasteiger charge is 2.36. The zero-order valence-electron chi connectivity index (χ0n) is 17.6. The molecule has 33 heavy (non-hydrogen) atoms. The number of nitrogens with zero attached hydrogens (tertiary/aromatic N) is 1. The third kappa shape index (κ3) is 4.64. The second-order valence-electron chi connectivity index (χ2n) is 7.49. The molecule has 1 aliphatic heterocycles. The first kappa shape index (κ1) is 21.9. The van der Waals surface area contributed by atoms with E-state index in [1.54, 1.807) is 0 Å². The molecule has 0 fully saturated rings. The summed E-state index contributed by atoms with van der Waals surface area (Å²) in [5, 5.41) is 2.52. The standard InChI is InChI=1S/C25H19FN2O5/c1-15(22(29)27-19-10-8-18(26)9-11-19)33-25(32)17-7-12-20-21(13-17)24(31)28(23(20)30)14-16-5-3-2-4-6-16/h2-13,15H,14H2,1H3,(H,27,29). The number of fused-ring (bicyclic) bond motifs is 1. The van der Waals surface area contributed by atoms with Gasteiger partial charge in [0.05, 0.1) is 23.2 Å². The number of hydrogen-bond donors (Lipinski definition) is 1. The summed E-state index contributed by atoms with van der Waals surface area (Å²) in [7, 11) is 0. The van der Waals surface area contributed by atoms with Crippen LogP contribution in [-0.4, -0.2) is 34.7 Å². The number of ether oxygens (including phenoxy) is 1. The normalized spacial score (nSPS) is 13.5. The summed E-state index contributed by atoms with van der Waals surface area (Å²) in [6.45, 7) is 1.51. The van der Waals surface area contributed by atoms with Crippen molar-refractivity contribution in [2.45, 2.75) is 19.6 Å². The summed E-state index contributed by atoms with van der Waals surface area (Å²) in [5.41, 5.74) is 1.50. The number of anilines is 1. The Morgan fingerprint density at radius 1 is 0.939 bits per heavy atom. The molecule has 1 atom stereocenters. The molecule has 1 aliphatic rings. The lowest BCUT2D eigenvalue weighted by Gasteiger charge is -2.14. The van der Waals surface area contributed by atoms with Gasteiger partial charge in [0, 0.05) is 5.69 Å². The Labute approximate surface area is 188 Å². The molecule has 1 unspecified atom stereocenters. The Balaban J connectivity index is 1.44. The molecule has 0 bridgehead atoms. The maximum atomic E-state index is 13.0. The van der Waals surface area contributed by atoms with Crippen LogP contribution in [0.3, 0.4) is 0 Å². The van der Waals surface area contributed by atoms with Crippen LogP contribution in [0.1, 0.15) is 43.6 Å². The van der Waals surface area contributed by atoms with E-state index in [0.717, 1.165) is 10.5 Å². The summed E-state index contributed by atoms with van der Waals surface area (Å²) < 4.78 is 18.2. The minimum absolute atomic E-state index is 0.0397. The molecule has 0 saturated heterocycles. The van der Waals surface area contributed by atoms with Gasteiger partial charge in [-0.1, -0.05) is 30.3 Å². The minimum atomic E-state index is -1.15. The Hall–Kier alpha value is -4.33. The Morgan fingerprint density at radius 2 is 1.61 bits per heavy atom. The van der Waals surface area contributed by atoms with Crippen molar-refractivity contribution in [2.24, 2.45) is 0 Å². The molecule has 0 spiro atoms. The van der Waals surface area contributed by atoms with E-state index in [0.29, 0.717) is 5.69 Å². The van der Waals surface area contributed by atoms with Gasteiger partial charge in [0.15, 0.2) is 6.10 Å². The number of halogens is 1. The molecule has 7 nitrogen and oxygen atoms in total. The summed E-state index contributed by atoms with van der Waals surface area (Å²) in [4.78, 5) is 51.4. The van der Waals surface area contributed by atoms with E-state index >= 15 is 0 Å². The average molecular weight is 446 g/mol. The summed E-state index contributed by atoms with van der Waals surface area (Å²) in [6.07, 6.45) is -1.15. The Morgan fingerprint density at radius 3 is 2.30 bits per heavy atom. The molecule has 0 radical (unpaired) electrons. The number of imide groups is 1. The number of hydrogen-bond acceptors (Lipinski definition) is 5. The quantitative estimate of drug-likeness (QED) is 0.459. The SMILES string of the molecule is CC(OC(=O)c1ccc2c(c1)C(=O)N(Cc1ccccc1)C2=O)C(=O)Nc1ccc(F)cc1. The predicted molar refractivity (Wildman–Crippen MR) is 117 cm³/mol. The largest absolute Gasteiger partial charge is 0.449 e. The van der Waals surface area contributed by atoms with E-state index in [1.165, 1.54) is 49.4 Å². The number of benzene rings is 3. The van der Waals surface area contributed by atoms with Gasteiger partial charge >= 0.3 is 5.97 Å². The molecule has 3 aromatic carbocycles. The van der Waals surface area contributed by atoms with Crippen LogP contribution in [0.15, 0.2) is 72.8 Å². The molecule has 3 aromatic rings. The molecule has 1 heterocycles. The number of carbonyl (C=O) groups excluding carboxylic acids is 4. The van der Waals surface area contributed by atoms with Gasteiger partial charge in [0.2, 0.25) is 0 Å². The van der Waals surface area contributed by atoms with Gasteiger partial charge in [0.25, 0.3) is 17.7 Å². The van der Waals surface area contributed by atoms with Gasteiger partial charge in [-0.05, 0) is 55.0 Å². The van der Waals surface area contributed by atoms with Crippen molar-refractivity contribution in [1.82, 2.24) is 4.90 Å². The van der Waals surface area contributed by atoms with E-state index in [4.69, 9.17) is 4.74 Å². The fraction of sp³-hybridized carbons (Fsp3) is 0.120. The highest BCUT2D eigenvalue weighted by atomic mass is 19.1. The monoisotopic (exact) mass is 446 g/mol. The Kier molecular flexibility index (Phi) is 5.99. The van der Waals surface area contributed by atoms with Crippen LogP contribution in [-0.2, 0) is 16.1 Å². The van der Waals surface area contributed by atoms with Gasteiger partial charge in [-0.15, -0.1) is 0 Å². The first-order chi connectivity index (χ1) is 15.8. The first-order valence-corrected chi connectivity index (χ1v) is 10.1. The van der Waals surface area contributed by atoms with Gasteiger partial charge in [-0.25, -0.2) is 9.18 Å². The van der Waals surface area contributed by atoms with Crippen molar-refractivity contribution in [3.05, 3.63) is 101 Å². The van der Waals surface area contributed by atoms with Gasteiger partial charge < -0.3 is 10.1 Å². The van der Waals surface area contributed by atoms with E-state index in [9.17, 15) is 23.6 Å². The van der Waals surface area contributed by atoms with Crippen molar-refractivity contribution >= 4 is 29.4 Å². The number of rotatable bonds is 6. The molecule has 3 amide bonds. The molecular formula is C25H19FN2O5. The average Bonchev–Trinajstić information content (AvgIpc) is 3.05. The van der Waals surface area contributed by atoms with E-state index < -0.39 is 35.6 Å². The van der Waals surface area contributed by atoms with E-state index in [2.05, 4.69) is 5.32 Å². The molecule has 1 N–H and O–H groups in total. The van der Waals surface area contributed by atoms with Gasteiger partial charge in [-0.2, -0.15) is 0 Å².